The smallest absolute Gasteiger partial charge is 0.337 e. The SMILES string of the molecule is CCCCc1ccc(C(=O)Nc2nc(OCC)n[nH]2)cc1. The second kappa shape index (κ2) is 7.42. The van der Waals surface area contributed by atoms with Gasteiger partial charge in [-0.2, -0.15) is 4.98 Å². The first-order valence-corrected chi connectivity index (χ1v) is 7.18. The maximum Gasteiger partial charge on any atom is 0.337 e. The fourth-order valence-corrected chi connectivity index (χ4v) is 1.88. The topological polar surface area (TPSA) is 79.9 Å². The van der Waals surface area contributed by atoms with E-state index in [4.69, 9.17) is 4.74 Å². The molecule has 21 heavy (non-hydrogen) atoms. The largest absolute Gasteiger partial charge is 0.463 e. The summed E-state index contributed by atoms with van der Waals surface area (Å²) >= 11 is 0. The molecule has 1 amide bonds. The maximum atomic E-state index is 12.1. The summed E-state index contributed by atoms with van der Waals surface area (Å²) in [5.74, 6) is 0.0507. The maximum absolute atomic E-state index is 12.1. The number of unbranched alkanes of at least 4 members (excludes halogenated alkanes) is 1. The lowest BCUT2D eigenvalue weighted by Crippen LogP contribution is -2.13. The Balaban J connectivity index is 1.95. The highest BCUT2D eigenvalue weighted by atomic mass is 16.5. The third kappa shape index (κ3) is 4.30. The molecule has 0 radical (unpaired) electrons. The molecule has 6 nitrogen and oxygen atoms in total. The number of carbonyl (C=O) groups excluding carboxylic acids is 1. The Morgan fingerprint density at radius 1 is 1.29 bits per heavy atom. The lowest BCUT2D eigenvalue weighted by Gasteiger charge is -2.03. The van der Waals surface area contributed by atoms with Gasteiger partial charge in [0.15, 0.2) is 0 Å². The first-order valence-electron chi connectivity index (χ1n) is 7.18. The normalized spacial score (nSPS) is 10.4. The van der Waals surface area contributed by atoms with Crippen LogP contribution < -0.4 is 10.1 Å². The number of amides is 1. The van der Waals surface area contributed by atoms with E-state index in [2.05, 4.69) is 27.4 Å². The Morgan fingerprint density at radius 2 is 2.05 bits per heavy atom. The molecule has 0 aliphatic rings. The molecule has 2 rings (SSSR count). The predicted molar refractivity (Wildman–Crippen MR) is 80.6 cm³/mol. The van der Waals surface area contributed by atoms with Crippen molar-refractivity contribution in [3.05, 3.63) is 35.4 Å². The zero-order chi connectivity index (χ0) is 15.1. The van der Waals surface area contributed by atoms with Crippen LogP contribution in [-0.4, -0.2) is 27.7 Å². The van der Waals surface area contributed by atoms with Crippen molar-refractivity contribution in [3.63, 3.8) is 0 Å². The zero-order valence-corrected chi connectivity index (χ0v) is 12.3. The van der Waals surface area contributed by atoms with Gasteiger partial charge in [-0.05, 0) is 37.5 Å². The number of benzene rings is 1. The van der Waals surface area contributed by atoms with E-state index in [0.717, 1.165) is 19.3 Å². The first kappa shape index (κ1) is 15.0. The van der Waals surface area contributed by atoms with Crippen LogP contribution in [0, 0.1) is 0 Å². The number of rotatable bonds is 7. The van der Waals surface area contributed by atoms with Crippen LogP contribution in [0.1, 0.15) is 42.6 Å². The number of ether oxygens (including phenoxy) is 1. The number of hydrogen-bond donors (Lipinski definition) is 2. The third-order valence-electron chi connectivity index (χ3n) is 3.01. The molecule has 0 spiro atoms. The van der Waals surface area contributed by atoms with E-state index in [0.29, 0.717) is 12.2 Å². The van der Waals surface area contributed by atoms with Crippen molar-refractivity contribution in [2.24, 2.45) is 0 Å². The van der Waals surface area contributed by atoms with Crippen LogP contribution in [0.25, 0.3) is 0 Å². The fraction of sp³-hybridized carbons (Fsp3) is 0.400. The Bertz CT molecular complexity index is 578. The van der Waals surface area contributed by atoms with Crippen LogP contribution in [0.3, 0.4) is 0 Å². The van der Waals surface area contributed by atoms with Crippen LogP contribution in [0.4, 0.5) is 5.95 Å². The molecule has 0 aliphatic carbocycles. The van der Waals surface area contributed by atoms with E-state index < -0.39 is 0 Å². The van der Waals surface area contributed by atoms with E-state index in [1.54, 1.807) is 0 Å². The van der Waals surface area contributed by atoms with E-state index >= 15 is 0 Å². The molecule has 1 heterocycles. The minimum absolute atomic E-state index is 0.225. The molecule has 0 fully saturated rings. The van der Waals surface area contributed by atoms with Crippen LogP contribution in [0.15, 0.2) is 24.3 Å². The molecule has 2 aromatic rings. The van der Waals surface area contributed by atoms with Crippen molar-refractivity contribution in [3.8, 4) is 6.01 Å². The number of nitrogens with zero attached hydrogens (tertiary/aromatic N) is 2. The van der Waals surface area contributed by atoms with Crippen molar-refractivity contribution in [1.82, 2.24) is 15.2 Å². The third-order valence-corrected chi connectivity index (χ3v) is 3.01. The summed E-state index contributed by atoms with van der Waals surface area (Å²) in [5.41, 5.74) is 1.83. The zero-order valence-electron chi connectivity index (χ0n) is 12.3. The minimum atomic E-state index is -0.226. The molecule has 0 atom stereocenters. The molecule has 1 aromatic heterocycles. The molecule has 1 aromatic carbocycles. The number of aromatic amines is 1. The highest BCUT2D eigenvalue weighted by Gasteiger charge is 2.09. The van der Waals surface area contributed by atoms with Gasteiger partial charge in [0.2, 0.25) is 5.95 Å². The summed E-state index contributed by atoms with van der Waals surface area (Å²) in [5, 5.41) is 9.09. The number of nitrogens with one attached hydrogen (secondary N) is 2. The van der Waals surface area contributed by atoms with E-state index in [1.807, 2.05) is 31.2 Å². The van der Waals surface area contributed by atoms with Crippen molar-refractivity contribution < 1.29 is 9.53 Å². The van der Waals surface area contributed by atoms with Gasteiger partial charge in [-0.15, -0.1) is 5.10 Å². The Morgan fingerprint density at radius 3 is 2.71 bits per heavy atom. The average molecular weight is 288 g/mol. The van der Waals surface area contributed by atoms with Gasteiger partial charge >= 0.3 is 6.01 Å². The van der Waals surface area contributed by atoms with Gasteiger partial charge in [-0.25, -0.2) is 5.10 Å². The number of anilines is 1. The molecule has 0 unspecified atom stereocenters. The Labute approximate surface area is 123 Å². The van der Waals surface area contributed by atoms with Gasteiger partial charge in [0.25, 0.3) is 5.91 Å². The second-order valence-corrected chi connectivity index (χ2v) is 4.65. The van der Waals surface area contributed by atoms with Gasteiger partial charge in [0.05, 0.1) is 6.61 Å². The highest BCUT2D eigenvalue weighted by molar-refractivity contribution is 6.03. The second-order valence-electron chi connectivity index (χ2n) is 4.65. The van der Waals surface area contributed by atoms with Crippen LogP contribution in [-0.2, 0) is 6.42 Å². The number of aromatic nitrogens is 3. The van der Waals surface area contributed by atoms with Gasteiger partial charge in [-0.3, -0.25) is 10.1 Å². The molecule has 2 N–H and O–H groups in total. The van der Waals surface area contributed by atoms with E-state index in [-0.39, 0.29) is 17.9 Å². The van der Waals surface area contributed by atoms with Crippen molar-refractivity contribution >= 4 is 11.9 Å². The lowest BCUT2D eigenvalue weighted by atomic mass is 10.1. The molecular weight excluding hydrogens is 268 g/mol. The molecule has 0 saturated heterocycles. The van der Waals surface area contributed by atoms with Gasteiger partial charge in [0, 0.05) is 5.56 Å². The monoisotopic (exact) mass is 288 g/mol. The van der Waals surface area contributed by atoms with E-state index in [9.17, 15) is 4.79 Å². The predicted octanol–water partition coefficient (Wildman–Crippen LogP) is 2.80. The highest BCUT2D eigenvalue weighted by Crippen LogP contribution is 2.11. The Hall–Kier alpha value is -2.37. The summed E-state index contributed by atoms with van der Waals surface area (Å²) in [7, 11) is 0. The average Bonchev–Trinajstić information content (AvgIpc) is 2.93. The molecule has 6 heteroatoms. The van der Waals surface area contributed by atoms with Crippen LogP contribution in [0.2, 0.25) is 0 Å². The molecule has 112 valence electrons. The summed E-state index contributed by atoms with van der Waals surface area (Å²) < 4.78 is 5.12. The number of H-pyrrole nitrogens is 1. The van der Waals surface area contributed by atoms with E-state index in [1.165, 1.54) is 5.56 Å². The minimum Gasteiger partial charge on any atom is -0.463 e. The molecular formula is C15H20N4O2. The molecule has 0 bridgehead atoms. The van der Waals surface area contributed by atoms with Crippen molar-refractivity contribution in [2.75, 3.05) is 11.9 Å². The van der Waals surface area contributed by atoms with Crippen molar-refractivity contribution in [1.29, 1.82) is 0 Å². The van der Waals surface area contributed by atoms with Gasteiger partial charge < -0.3 is 4.74 Å². The number of hydrogen-bond acceptors (Lipinski definition) is 4. The number of aryl methyl sites for hydroxylation is 1. The lowest BCUT2D eigenvalue weighted by molar-refractivity contribution is 0.102. The summed E-state index contributed by atoms with van der Waals surface area (Å²) in [6.45, 7) is 4.48. The number of carbonyl (C=O) groups is 1. The molecule has 0 saturated carbocycles. The van der Waals surface area contributed by atoms with Gasteiger partial charge in [0.1, 0.15) is 0 Å². The van der Waals surface area contributed by atoms with Crippen LogP contribution >= 0.6 is 0 Å². The van der Waals surface area contributed by atoms with Gasteiger partial charge in [-0.1, -0.05) is 25.5 Å². The van der Waals surface area contributed by atoms with Crippen molar-refractivity contribution in [2.45, 2.75) is 33.1 Å². The molecule has 0 aliphatic heterocycles. The standard InChI is InChI=1S/C15H20N4O2/c1-3-5-6-11-7-9-12(10-8-11)13(20)16-14-17-15(19-18-14)21-4-2/h7-10H,3-6H2,1-2H3,(H2,16,17,18,19,20). The summed E-state index contributed by atoms with van der Waals surface area (Å²) in [4.78, 5) is 16.1. The summed E-state index contributed by atoms with van der Waals surface area (Å²) in [6, 6.07) is 7.83. The van der Waals surface area contributed by atoms with Crippen LogP contribution in [0.5, 0.6) is 6.01 Å². The first-order chi connectivity index (χ1) is 10.2. The quantitative estimate of drug-likeness (QED) is 0.821. The summed E-state index contributed by atoms with van der Waals surface area (Å²) in [6.07, 6.45) is 3.36. The Kier molecular flexibility index (Phi) is 5.31. The fourth-order valence-electron chi connectivity index (χ4n) is 1.88.